The molecule has 1 saturated heterocycles. The van der Waals surface area contributed by atoms with E-state index in [2.05, 4.69) is 0 Å². The van der Waals surface area contributed by atoms with Crippen molar-refractivity contribution in [2.75, 3.05) is 19.6 Å². The first-order chi connectivity index (χ1) is 11.5. The van der Waals surface area contributed by atoms with Crippen molar-refractivity contribution in [3.63, 3.8) is 0 Å². The van der Waals surface area contributed by atoms with Crippen LogP contribution in [0.25, 0.3) is 0 Å². The Morgan fingerprint density at radius 1 is 1.33 bits per heavy atom. The normalized spacial score (nSPS) is 17.5. The van der Waals surface area contributed by atoms with Crippen molar-refractivity contribution in [2.45, 2.75) is 45.4 Å². The lowest BCUT2D eigenvalue weighted by atomic mass is 10.2. The van der Waals surface area contributed by atoms with Gasteiger partial charge in [-0.25, -0.2) is 4.79 Å². The van der Waals surface area contributed by atoms with Crippen molar-refractivity contribution >= 4 is 12.1 Å². The van der Waals surface area contributed by atoms with Gasteiger partial charge in [0.2, 0.25) is 0 Å². The van der Waals surface area contributed by atoms with E-state index in [0.29, 0.717) is 13.1 Å². The van der Waals surface area contributed by atoms with Gasteiger partial charge in [0.25, 0.3) is 0 Å². The zero-order valence-electron chi connectivity index (χ0n) is 14.4. The van der Waals surface area contributed by atoms with E-state index in [0.717, 1.165) is 18.4 Å². The van der Waals surface area contributed by atoms with Gasteiger partial charge in [-0.05, 0) is 32.3 Å². The van der Waals surface area contributed by atoms with Gasteiger partial charge in [0.15, 0.2) is 0 Å². The topological polar surface area (TPSA) is 70.1 Å². The Kier molecular flexibility index (Phi) is 6.61. The minimum absolute atomic E-state index is 0.00928. The van der Waals surface area contributed by atoms with E-state index < -0.39 is 5.97 Å². The molecule has 0 aromatic heterocycles. The van der Waals surface area contributed by atoms with Crippen molar-refractivity contribution in [1.29, 1.82) is 0 Å². The zero-order chi connectivity index (χ0) is 17.5. The summed E-state index contributed by atoms with van der Waals surface area (Å²) in [5, 5.41) is 9.05. The number of hydrogen-bond donors (Lipinski definition) is 1. The van der Waals surface area contributed by atoms with Crippen LogP contribution in [0.4, 0.5) is 4.79 Å². The number of rotatable bonds is 7. The van der Waals surface area contributed by atoms with Gasteiger partial charge in [-0.1, -0.05) is 30.3 Å². The number of aliphatic carboxylic acids is 1. The van der Waals surface area contributed by atoms with Gasteiger partial charge in [-0.15, -0.1) is 0 Å². The summed E-state index contributed by atoms with van der Waals surface area (Å²) < 4.78 is 5.42. The molecule has 0 unspecified atom stereocenters. The van der Waals surface area contributed by atoms with Gasteiger partial charge in [-0.3, -0.25) is 9.69 Å². The highest BCUT2D eigenvalue weighted by atomic mass is 16.6. The summed E-state index contributed by atoms with van der Waals surface area (Å²) in [6.45, 7) is 5.40. The van der Waals surface area contributed by atoms with Gasteiger partial charge >= 0.3 is 12.1 Å². The number of likely N-dealkylation sites (tertiary alicyclic amines) is 1. The third-order valence-corrected chi connectivity index (χ3v) is 4.33. The molecule has 1 heterocycles. The number of nitrogens with zero attached hydrogens (tertiary/aromatic N) is 2. The number of carbonyl (C=O) groups is 2. The van der Waals surface area contributed by atoms with Crippen LogP contribution in [-0.2, 0) is 16.1 Å². The minimum Gasteiger partial charge on any atom is -0.480 e. The van der Waals surface area contributed by atoms with Crippen LogP contribution in [0.3, 0.4) is 0 Å². The molecule has 0 spiro atoms. The fourth-order valence-corrected chi connectivity index (χ4v) is 2.97. The number of benzene rings is 1. The molecule has 24 heavy (non-hydrogen) atoms. The Morgan fingerprint density at radius 3 is 2.67 bits per heavy atom. The Labute approximate surface area is 143 Å². The van der Waals surface area contributed by atoms with E-state index >= 15 is 0 Å². The molecule has 1 amide bonds. The summed E-state index contributed by atoms with van der Waals surface area (Å²) in [5.74, 6) is -0.847. The minimum atomic E-state index is -0.847. The fourth-order valence-electron chi connectivity index (χ4n) is 2.97. The second-order valence-electron chi connectivity index (χ2n) is 6.45. The summed E-state index contributed by atoms with van der Waals surface area (Å²) in [6.07, 6.45) is 1.48. The molecule has 1 fully saturated rings. The number of carbonyl (C=O) groups excluding carboxylic acids is 1. The average molecular weight is 334 g/mol. The molecule has 2 rings (SSSR count). The van der Waals surface area contributed by atoms with E-state index in [9.17, 15) is 9.59 Å². The van der Waals surface area contributed by atoms with Gasteiger partial charge in [0, 0.05) is 25.2 Å². The number of carboxylic acid groups (broad SMARTS) is 1. The summed E-state index contributed by atoms with van der Waals surface area (Å²) in [6, 6.07) is 9.70. The SMILES string of the molecule is CC(C)N(CC(=O)O)C[C@H]1CCCN1C(=O)OCc1ccccc1. The fraction of sp³-hybridized carbons (Fsp3) is 0.556. The first-order valence-corrected chi connectivity index (χ1v) is 8.40. The molecule has 1 aromatic rings. The first-order valence-electron chi connectivity index (χ1n) is 8.40. The molecular formula is C18H26N2O4. The number of carboxylic acids is 1. The predicted octanol–water partition coefficient (Wildman–Crippen LogP) is 2.58. The highest BCUT2D eigenvalue weighted by Crippen LogP contribution is 2.20. The third-order valence-electron chi connectivity index (χ3n) is 4.33. The van der Waals surface area contributed by atoms with Crippen LogP contribution >= 0.6 is 0 Å². The van der Waals surface area contributed by atoms with Crippen molar-refractivity contribution in [1.82, 2.24) is 9.80 Å². The Morgan fingerprint density at radius 2 is 2.04 bits per heavy atom. The Hall–Kier alpha value is -2.08. The molecule has 1 aromatic carbocycles. The smallest absolute Gasteiger partial charge is 0.410 e. The van der Waals surface area contributed by atoms with E-state index in [1.54, 1.807) is 4.90 Å². The Balaban J connectivity index is 1.91. The number of amides is 1. The van der Waals surface area contributed by atoms with Crippen molar-refractivity contribution in [2.24, 2.45) is 0 Å². The molecule has 0 saturated carbocycles. The summed E-state index contributed by atoms with van der Waals surface area (Å²) >= 11 is 0. The maximum absolute atomic E-state index is 12.4. The molecule has 0 aliphatic carbocycles. The second-order valence-corrected chi connectivity index (χ2v) is 6.45. The molecule has 6 heteroatoms. The van der Waals surface area contributed by atoms with E-state index in [1.165, 1.54) is 0 Å². The molecular weight excluding hydrogens is 308 g/mol. The number of hydrogen-bond acceptors (Lipinski definition) is 4. The standard InChI is InChI=1S/C18H26N2O4/c1-14(2)19(12-17(21)22)11-16-9-6-10-20(16)18(23)24-13-15-7-4-3-5-8-15/h3-5,7-8,14,16H,6,9-13H2,1-2H3,(H,21,22)/t16-/m1/s1. The Bertz CT molecular complexity index is 547. The van der Waals surface area contributed by atoms with Crippen LogP contribution in [-0.4, -0.2) is 58.7 Å². The van der Waals surface area contributed by atoms with Crippen LogP contribution in [0.1, 0.15) is 32.3 Å². The second kappa shape index (κ2) is 8.68. The van der Waals surface area contributed by atoms with Crippen LogP contribution in [0.5, 0.6) is 0 Å². The highest BCUT2D eigenvalue weighted by molar-refractivity contribution is 5.69. The lowest BCUT2D eigenvalue weighted by Gasteiger charge is -2.31. The van der Waals surface area contributed by atoms with Crippen molar-refractivity contribution in [3.8, 4) is 0 Å². The van der Waals surface area contributed by atoms with E-state index in [4.69, 9.17) is 9.84 Å². The lowest BCUT2D eigenvalue weighted by molar-refractivity contribution is -0.138. The highest BCUT2D eigenvalue weighted by Gasteiger charge is 2.32. The van der Waals surface area contributed by atoms with Crippen molar-refractivity contribution in [3.05, 3.63) is 35.9 Å². The molecule has 1 N–H and O–H groups in total. The molecule has 0 bridgehead atoms. The zero-order valence-corrected chi connectivity index (χ0v) is 14.4. The summed E-state index contributed by atoms with van der Waals surface area (Å²) in [5.41, 5.74) is 0.955. The predicted molar refractivity (Wildman–Crippen MR) is 90.7 cm³/mol. The van der Waals surface area contributed by atoms with Crippen LogP contribution in [0.2, 0.25) is 0 Å². The maximum Gasteiger partial charge on any atom is 0.410 e. The molecule has 132 valence electrons. The molecule has 0 radical (unpaired) electrons. The third kappa shape index (κ3) is 5.23. The van der Waals surface area contributed by atoms with E-state index in [1.807, 2.05) is 49.1 Å². The van der Waals surface area contributed by atoms with Gasteiger partial charge in [0.1, 0.15) is 6.61 Å². The van der Waals surface area contributed by atoms with Crippen molar-refractivity contribution < 1.29 is 19.4 Å². The molecule has 1 aliphatic rings. The first kappa shape index (κ1) is 18.3. The molecule has 1 aliphatic heterocycles. The van der Waals surface area contributed by atoms with Gasteiger partial charge < -0.3 is 14.7 Å². The lowest BCUT2D eigenvalue weighted by Crippen LogP contribution is -2.47. The number of ether oxygens (including phenoxy) is 1. The molecule has 6 nitrogen and oxygen atoms in total. The summed E-state index contributed by atoms with van der Waals surface area (Å²) in [4.78, 5) is 27.0. The van der Waals surface area contributed by atoms with Gasteiger partial charge in [-0.2, -0.15) is 0 Å². The maximum atomic E-state index is 12.4. The van der Waals surface area contributed by atoms with E-state index in [-0.39, 0.29) is 31.3 Å². The summed E-state index contributed by atoms with van der Waals surface area (Å²) in [7, 11) is 0. The van der Waals surface area contributed by atoms with Crippen LogP contribution in [0.15, 0.2) is 30.3 Å². The monoisotopic (exact) mass is 334 g/mol. The van der Waals surface area contributed by atoms with Crippen LogP contribution in [0, 0.1) is 0 Å². The molecule has 1 atom stereocenters. The quantitative estimate of drug-likeness (QED) is 0.830. The van der Waals surface area contributed by atoms with Crippen LogP contribution < -0.4 is 0 Å². The van der Waals surface area contributed by atoms with Gasteiger partial charge in [0.05, 0.1) is 6.54 Å². The largest absolute Gasteiger partial charge is 0.480 e. The average Bonchev–Trinajstić information content (AvgIpc) is 3.01.